The molecule has 0 aliphatic carbocycles. The Morgan fingerprint density at radius 1 is 1.30 bits per heavy atom. The Hall–Kier alpha value is -1.54. The number of methoxy groups -OCH3 is 1. The maximum Gasteiger partial charge on any atom is 0.348 e. The molecular formula is C12H14NO5S2. The van der Waals surface area contributed by atoms with Gasteiger partial charge in [-0.25, -0.2) is 9.59 Å². The molecule has 1 radical (unpaired) electrons. The number of amides is 1. The lowest BCUT2D eigenvalue weighted by Crippen LogP contribution is -2.15. The van der Waals surface area contributed by atoms with E-state index < -0.39 is 17.8 Å². The van der Waals surface area contributed by atoms with Crippen LogP contribution in [0.5, 0.6) is 0 Å². The first-order valence-corrected chi connectivity index (χ1v) is 7.12. The zero-order chi connectivity index (χ0) is 15.3. The van der Waals surface area contributed by atoms with Crippen LogP contribution in [0.4, 0.5) is 5.00 Å². The molecule has 0 bridgehead atoms. The van der Waals surface area contributed by atoms with Crippen molar-refractivity contribution in [3.63, 3.8) is 0 Å². The van der Waals surface area contributed by atoms with E-state index in [4.69, 9.17) is 4.74 Å². The molecule has 0 aromatic carbocycles. The number of esters is 2. The minimum Gasteiger partial charge on any atom is -0.465 e. The molecule has 8 heteroatoms. The molecule has 1 heterocycles. The minimum absolute atomic E-state index is 0.146. The van der Waals surface area contributed by atoms with Gasteiger partial charge in [0.25, 0.3) is 0 Å². The van der Waals surface area contributed by atoms with Crippen LogP contribution in [0.1, 0.15) is 32.5 Å². The number of rotatable bonds is 5. The van der Waals surface area contributed by atoms with E-state index in [1.54, 1.807) is 13.8 Å². The number of carbonyl (C=O) groups excluding carboxylic acids is 3. The number of nitrogens with one attached hydrogen (secondary N) is 1. The highest BCUT2D eigenvalue weighted by Gasteiger charge is 2.26. The number of ether oxygens (including phenoxy) is 2. The van der Waals surface area contributed by atoms with Gasteiger partial charge in [0, 0.05) is 0 Å². The molecule has 6 nitrogen and oxygen atoms in total. The van der Waals surface area contributed by atoms with Gasteiger partial charge in [-0.1, -0.05) is 12.6 Å². The molecule has 0 atom stereocenters. The van der Waals surface area contributed by atoms with Gasteiger partial charge in [-0.15, -0.1) is 11.3 Å². The predicted molar refractivity (Wildman–Crippen MR) is 77.4 cm³/mol. The molecule has 20 heavy (non-hydrogen) atoms. The summed E-state index contributed by atoms with van der Waals surface area (Å²) in [7, 11) is 1.24. The lowest BCUT2D eigenvalue weighted by Gasteiger charge is -2.05. The summed E-state index contributed by atoms with van der Waals surface area (Å²) in [5.74, 6) is -1.75. The van der Waals surface area contributed by atoms with Crippen LogP contribution in [-0.4, -0.2) is 37.3 Å². The van der Waals surface area contributed by atoms with E-state index in [-0.39, 0.29) is 27.8 Å². The van der Waals surface area contributed by atoms with Crippen LogP contribution < -0.4 is 5.32 Å². The van der Waals surface area contributed by atoms with E-state index in [0.717, 1.165) is 11.3 Å². The van der Waals surface area contributed by atoms with Gasteiger partial charge in [0.15, 0.2) is 0 Å². The Morgan fingerprint density at radius 3 is 2.45 bits per heavy atom. The molecule has 0 unspecified atom stereocenters. The quantitative estimate of drug-likeness (QED) is 0.842. The Bertz CT molecular complexity index is 538. The van der Waals surface area contributed by atoms with Crippen LogP contribution >= 0.6 is 24.0 Å². The van der Waals surface area contributed by atoms with Crippen LogP contribution in [0.2, 0.25) is 0 Å². The highest BCUT2D eigenvalue weighted by Crippen LogP contribution is 2.34. The smallest absolute Gasteiger partial charge is 0.348 e. The van der Waals surface area contributed by atoms with Gasteiger partial charge in [0.05, 0.1) is 25.0 Å². The maximum absolute atomic E-state index is 11.9. The van der Waals surface area contributed by atoms with Crippen molar-refractivity contribution in [1.82, 2.24) is 0 Å². The lowest BCUT2D eigenvalue weighted by atomic mass is 10.1. The Labute approximate surface area is 125 Å². The van der Waals surface area contributed by atoms with Crippen molar-refractivity contribution in [1.29, 1.82) is 0 Å². The summed E-state index contributed by atoms with van der Waals surface area (Å²) in [6, 6.07) is 0. The Morgan fingerprint density at radius 2 is 1.95 bits per heavy atom. The first kappa shape index (κ1) is 16.5. The van der Waals surface area contributed by atoms with Crippen molar-refractivity contribution in [2.75, 3.05) is 24.8 Å². The topological polar surface area (TPSA) is 81.7 Å². The molecule has 0 saturated carbocycles. The molecule has 1 N–H and O–H groups in total. The fraction of sp³-hybridized carbons (Fsp3) is 0.417. The molecule has 0 fully saturated rings. The van der Waals surface area contributed by atoms with Crippen molar-refractivity contribution in [3.05, 3.63) is 16.0 Å². The molecule has 0 saturated heterocycles. The SMILES string of the molecule is CCOC(=O)c1c(NC(=O)C[S])sc(C(=O)OC)c1C. The van der Waals surface area contributed by atoms with E-state index in [1.165, 1.54) is 7.11 Å². The van der Waals surface area contributed by atoms with Crippen molar-refractivity contribution >= 4 is 46.8 Å². The zero-order valence-corrected chi connectivity index (χ0v) is 12.9. The number of anilines is 1. The lowest BCUT2D eigenvalue weighted by molar-refractivity contribution is -0.113. The standard InChI is InChI=1S/C12H14NO5S2/c1-4-18-11(15)8-6(2)9(12(16)17-3)20-10(8)13-7(14)5-19/h4-5H2,1-3H3,(H,13,14). The largest absolute Gasteiger partial charge is 0.465 e. The first-order chi connectivity index (χ1) is 9.46. The minimum atomic E-state index is -0.601. The van der Waals surface area contributed by atoms with E-state index >= 15 is 0 Å². The number of carbonyl (C=O) groups is 3. The second kappa shape index (κ2) is 7.30. The fourth-order valence-corrected chi connectivity index (χ4v) is 2.70. The zero-order valence-electron chi connectivity index (χ0n) is 11.3. The molecule has 0 aliphatic rings. The predicted octanol–water partition coefficient (Wildman–Crippen LogP) is 2.16. The summed E-state index contributed by atoms with van der Waals surface area (Å²) < 4.78 is 9.57. The third-order valence-electron chi connectivity index (χ3n) is 2.38. The molecular weight excluding hydrogens is 302 g/mol. The van der Waals surface area contributed by atoms with E-state index in [1.807, 2.05) is 0 Å². The third-order valence-corrected chi connectivity index (χ3v) is 3.83. The summed E-state index contributed by atoms with van der Waals surface area (Å²) in [6.07, 6.45) is 0. The van der Waals surface area contributed by atoms with Crippen LogP contribution in [0, 0.1) is 6.92 Å². The average molecular weight is 316 g/mol. The first-order valence-electron chi connectivity index (χ1n) is 5.73. The highest BCUT2D eigenvalue weighted by atomic mass is 32.1. The van der Waals surface area contributed by atoms with Crippen molar-refractivity contribution in [2.45, 2.75) is 13.8 Å². The van der Waals surface area contributed by atoms with Crippen LogP contribution in [-0.2, 0) is 14.3 Å². The van der Waals surface area contributed by atoms with Gasteiger partial charge in [0.2, 0.25) is 5.91 Å². The second-order valence-electron chi connectivity index (χ2n) is 3.66. The van der Waals surface area contributed by atoms with E-state index in [2.05, 4.69) is 22.7 Å². The maximum atomic E-state index is 11.9. The van der Waals surface area contributed by atoms with Gasteiger partial charge in [-0.3, -0.25) is 4.79 Å². The van der Waals surface area contributed by atoms with Crippen molar-refractivity contribution in [3.8, 4) is 0 Å². The van der Waals surface area contributed by atoms with Gasteiger partial charge in [-0.05, 0) is 19.4 Å². The van der Waals surface area contributed by atoms with Crippen molar-refractivity contribution in [2.24, 2.45) is 0 Å². The van der Waals surface area contributed by atoms with E-state index in [0.29, 0.717) is 5.56 Å². The third kappa shape index (κ3) is 3.51. The summed E-state index contributed by atoms with van der Waals surface area (Å²) >= 11 is 5.60. The molecule has 109 valence electrons. The van der Waals surface area contributed by atoms with E-state index in [9.17, 15) is 14.4 Å². The van der Waals surface area contributed by atoms with Crippen molar-refractivity contribution < 1.29 is 23.9 Å². The summed E-state index contributed by atoms with van der Waals surface area (Å²) in [4.78, 5) is 35.2. The molecule has 1 amide bonds. The molecule has 0 aliphatic heterocycles. The van der Waals surface area contributed by atoms with Gasteiger partial charge in [-0.2, -0.15) is 0 Å². The normalized spacial score (nSPS) is 10.0. The van der Waals surface area contributed by atoms with Gasteiger partial charge < -0.3 is 14.8 Å². The van der Waals surface area contributed by atoms with Crippen LogP contribution in [0.15, 0.2) is 0 Å². The molecule has 1 rings (SSSR count). The van der Waals surface area contributed by atoms with Crippen LogP contribution in [0.3, 0.4) is 0 Å². The summed E-state index contributed by atoms with van der Waals surface area (Å²) in [5.41, 5.74) is 0.578. The van der Waals surface area contributed by atoms with Crippen LogP contribution in [0.25, 0.3) is 0 Å². The average Bonchev–Trinajstić information content (AvgIpc) is 2.74. The number of hydrogen-bond acceptors (Lipinski definition) is 6. The van der Waals surface area contributed by atoms with Gasteiger partial charge in [0.1, 0.15) is 9.88 Å². The fourth-order valence-electron chi connectivity index (χ4n) is 1.50. The molecule has 1 aromatic heterocycles. The highest BCUT2D eigenvalue weighted by molar-refractivity contribution is 7.81. The molecule has 0 spiro atoms. The summed E-state index contributed by atoms with van der Waals surface area (Å²) in [6.45, 7) is 3.46. The Balaban J connectivity index is 3.28. The second-order valence-corrected chi connectivity index (χ2v) is 4.97. The Kier molecular flexibility index (Phi) is 6.03. The number of thiophene rings is 1. The summed E-state index contributed by atoms with van der Waals surface area (Å²) in [5, 5.41) is 2.75. The number of hydrogen-bond donors (Lipinski definition) is 1. The monoisotopic (exact) mass is 316 g/mol. The van der Waals surface area contributed by atoms with Gasteiger partial charge >= 0.3 is 11.9 Å². The molecule has 1 aromatic rings.